The fourth-order valence-electron chi connectivity index (χ4n) is 4.61. The summed E-state index contributed by atoms with van der Waals surface area (Å²) >= 11 is 0. The molecular weight excluding hydrogens is 378 g/mol. The lowest BCUT2D eigenvalue weighted by Gasteiger charge is -2.24. The Morgan fingerprint density at radius 1 is 0.967 bits per heavy atom. The van der Waals surface area contributed by atoms with Gasteiger partial charge >= 0.3 is 0 Å². The van der Waals surface area contributed by atoms with Gasteiger partial charge in [0.2, 0.25) is 0 Å². The van der Waals surface area contributed by atoms with Crippen molar-refractivity contribution < 1.29 is 0 Å². The molecule has 5 heterocycles. The van der Waals surface area contributed by atoms with Crippen molar-refractivity contribution in [1.29, 1.82) is 0 Å². The van der Waals surface area contributed by atoms with Crippen LogP contribution in [0.3, 0.4) is 0 Å². The molecule has 3 aromatic rings. The molecule has 1 unspecified atom stereocenters. The Bertz CT molecular complexity index is 1060. The van der Waals surface area contributed by atoms with Crippen LogP contribution in [0.25, 0.3) is 11.3 Å². The van der Waals surface area contributed by atoms with Gasteiger partial charge in [0.25, 0.3) is 5.56 Å². The monoisotopic (exact) mass is 405 g/mol. The molecule has 1 atom stereocenters. The molecule has 3 aromatic heterocycles. The number of pyridine rings is 1. The average Bonchev–Trinajstić information content (AvgIpc) is 3.29. The van der Waals surface area contributed by atoms with E-state index in [0.717, 1.165) is 61.8 Å². The first-order valence-electron chi connectivity index (χ1n) is 10.9. The zero-order chi connectivity index (χ0) is 20.3. The molecule has 0 aromatic carbocycles. The van der Waals surface area contributed by atoms with Gasteiger partial charge in [0.15, 0.2) is 0 Å². The van der Waals surface area contributed by atoms with Crippen LogP contribution in [0.1, 0.15) is 43.8 Å². The highest BCUT2D eigenvalue weighted by Gasteiger charge is 2.28. The maximum Gasteiger partial charge on any atom is 0.266 e. The lowest BCUT2D eigenvalue weighted by atomic mass is 10.2. The van der Waals surface area contributed by atoms with Crippen molar-refractivity contribution >= 4 is 0 Å². The standard InChI is InChI=1S/C22H27N7O/c30-22-8-7-19(17-9-11-23-12-10-17)26-29(22)15-18-5-4-13-27(18)16-21-25-24-20-6-2-1-3-14-28(20)21/h7-12,18H,1-6,13-16H2. The van der Waals surface area contributed by atoms with Gasteiger partial charge in [-0.15, -0.1) is 10.2 Å². The number of aromatic nitrogens is 6. The van der Waals surface area contributed by atoms with Gasteiger partial charge in [-0.05, 0) is 50.4 Å². The summed E-state index contributed by atoms with van der Waals surface area (Å²) in [7, 11) is 0. The van der Waals surface area contributed by atoms with Gasteiger partial charge in [-0.3, -0.25) is 14.7 Å². The van der Waals surface area contributed by atoms with Crippen LogP contribution in [0.2, 0.25) is 0 Å². The minimum atomic E-state index is -0.0593. The molecule has 1 fully saturated rings. The molecule has 30 heavy (non-hydrogen) atoms. The first kappa shape index (κ1) is 19.1. The minimum absolute atomic E-state index is 0.0593. The van der Waals surface area contributed by atoms with Gasteiger partial charge in [0.05, 0.1) is 18.8 Å². The van der Waals surface area contributed by atoms with Gasteiger partial charge < -0.3 is 4.57 Å². The van der Waals surface area contributed by atoms with Gasteiger partial charge in [-0.2, -0.15) is 5.10 Å². The summed E-state index contributed by atoms with van der Waals surface area (Å²) in [5.74, 6) is 2.19. The maximum atomic E-state index is 12.5. The second-order valence-corrected chi connectivity index (χ2v) is 8.24. The summed E-state index contributed by atoms with van der Waals surface area (Å²) in [4.78, 5) is 19.0. The third-order valence-corrected chi connectivity index (χ3v) is 6.26. The maximum absolute atomic E-state index is 12.5. The summed E-state index contributed by atoms with van der Waals surface area (Å²) in [6, 6.07) is 7.50. The summed E-state index contributed by atoms with van der Waals surface area (Å²) in [5.41, 5.74) is 1.70. The number of aryl methyl sites for hydroxylation is 1. The lowest BCUT2D eigenvalue weighted by Crippen LogP contribution is -2.37. The highest BCUT2D eigenvalue weighted by molar-refractivity contribution is 5.56. The molecule has 156 valence electrons. The van der Waals surface area contributed by atoms with Crippen molar-refractivity contribution in [1.82, 2.24) is 34.4 Å². The van der Waals surface area contributed by atoms with E-state index in [1.807, 2.05) is 12.1 Å². The van der Waals surface area contributed by atoms with Crippen LogP contribution in [0.5, 0.6) is 0 Å². The largest absolute Gasteiger partial charge is 0.314 e. The average molecular weight is 406 g/mol. The first-order chi connectivity index (χ1) is 14.8. The predicted molar refractivity (Wildman–Crippen MR) is 113 cm³/mol. The van der Waals surface area contributed by atoms with Crippen molar-refractivity contribution in [3.8, 4) is 11.3 Å². The van der Waals surface area contributed by atoms with Crippen LogP contribution in [-0.4, -0.2) is 47.0 Å². The molecule has 2 aliphatic rings. The minimum Gasteiger partial charge on any atom is -0.314 e. The third-order valence-electron chi connectivity index (χ3n) is 6.26. The van der Waals surface area contributed by atoms with Crippen molar-refractivity contribution in [3.63, 3.8) is 0 Å². The van der Waals surface area contributed by atoms with Gasteiger partial charge in [0.1, 0.15) is 11.6 Å². The Kier molecular flexibility index (Phi) is 5.40. The van der Waals surface area contributed by atoms with E-state index in [4.69, 9.17) is 0 Å². The molecule has 0 bridgehead atoms. The highest BCUT2D eigenvalue weighted by Crippen LogP contribution is 2.23. The van der Waals surface area contributed by atoms with Crippen LogP contribution in [0.15, 0.2) is 41.5 Å². The molecule has 8 heteroatoms. The Hall–Kier alpha value is -2.87. The molecular formula is C22H27N7O. The molecule has 2 aliphatic heterocycles. The van der Waals surface area contributed by atoms with Gasteiger partial charge in [-0.1, -0.05) is 6.42 Å². The van der Waals surface area contributed by atoms with Crippen molar-refractivity contribution in [3.05, 3.63) is 58.7 Å². The molecule has 0 N–H and O–H groups in total. The number of hydrogen-bond donors (Lipinski definition) is 0. The lowest BCUT2D eigenvalue weighted by molar-refractivity contribution is 0.209. The third kappa shape index (κ3) is 3.92. The Morgan fingerprint density at radius 2 is 1.87 bits per heavy atom. The van der Waals surface area contributed by atoms with E-state index in [9.17, 15) is 4.79 Å². The predicted octanol–water partition coefficient (Wildman–Crippen LogP) is 2.29. The second-order valence-electron chi connectivity index (χ2n) is 8.24. The Balaban J connectivity index is 1.34. The Labute approximate surface area is 175 Å². The quantitative estimate of drug-likeness (QED) is 0.648. The molecule has 5 rings (SSSR count). The summed E-state index contributed by atoms with van der Waals surface area (Å²) < 4.78 is 3.93. The van der Waals surface area contributed by atoms with Crippen molar-refractivity contribution in [2.45, 2.75) is 64.2 Å². The number of fused-ring (bicyclic) bond motifs is 1. The molecule has 0 spiro atoms. The number of nitrogens with zero attached hydrogens (tertiary/aromatic N) is 7. The normalized spacial score (nSPS) is 19.5. The summed E-state index contributed by atoms with van der Waals surface area (Å²) in [6.07, 6.45) is 10.4. The van der Waals surface area contributed by atoms with E-state index in [0.29, 0.717) is 6.54 Å². The number of hydrogen-bond acceptors (Lipinski definition) is 6. The van der Waals surface area contributed by atoms with Crippen LogP contribution in [-0.2, 0) is 26.1 Å². The van der Waals surface area contributed by atoms with E-state index in [1.165, 1.54) is 19.3 Å². The molecule has 0 aliphatic carbocycles. The first-order valence-corrected chi connectivity index (χ1v) is 10.9. The van der Waals surface area contributed by atoms with Crippen LogP contribution < -0.4 is 5.56 Å². The zero-order valence-corrected chi connectivity index (χ0v) is 17.2. The summed E-state index contributed by atoms with van der Waals surface area (Å²) in [5, 5.41) is 13.6. The highest BCUT2D eigenvalue weighted by atomic mass is 16.1. The van der Waals surface area contributed by atoms with Crippen LogP contribution in [0, 0.1) is 0 Å². The van der Waals surface area contributed by atoms with Gasteiger partial charge in [-0.25, -0.2) is 4.68 Å². The van der Waals surface area contributed by atoms with Crippen molar-refractivity contribution in [2.75, 3.05) is 6.54 Å². The fraction of sp³-hybridized carbons (Fsp3) is 0.500. The SMILES string of the molecule is O=c1ccc(-c2ccncc2)nn1CC1CCCN1Cc1nnc2n1CCCCC2. The number of rotatable bonds is 5. The molecule has 0 amide bonds. The van der Waals surface area contributed by atoms with E-state index in [2.05, 4.69) is 29.7 Å². The zero-order valence-electron chi connectivity index (χ0n) is 17.2. The Morgan fingerprint density at radius 3 is 2.77 bits per heavy atom. The fourth-order valence-corrected chi connectivity index (χ4v) is 4.61. The van der Waals surface area contributed by atoms with E-state index in [1.54, 1.807) is 29.2 Å². The van der Waals surface area contributed by atoms with E-state index >= 15 is 0 Å². The smallest absolute Gasteiger partial charge is 0.266 e. The molecule has 0 saturated carbocycles. The summed E-state index contributed by atoms with van der Waals surface area (Å²) in [6.45, 7) is 3.42. The van der Waals surface area contributed by atoms with Crippen LogP contribution >= 0.6 is 0 Å². The van der Waals surface area contributed by atoms with Crippen molar-refractivity contribution in [2.24, 2.45) is 0 Å². The molecule has 0 radical (unpaired) electrons. The van der Waals surface area contributed by atoms with Gasteiger partial charge in [0, 0.05) is 43.0 Å². The van der Waals surface area contributed by atoms with E-state index in [-0.39, 0.29) is 11.6 Å². The molecule has 1 saturated heterocycles. The van der Waals surface area contributed by atoms with E-state index < -0.39 is 0 Å². The topological polar surface area (TPSA) is 81.7 Å². The molecule has 8 nitrogen and oxygen atoms in total. The number of likely N-dealkylation sites (tertiary alicyclic amines) is 1. The van der Waals surface area contributed by atoms with Crippen LogP contribution in [0.4, 0.5) is 0 Å². The second kappa shape index (κ2) is 8.47.